The van der Waals surface area contributed by atoms with Crippen LogP contribution in [0.4, 0.5) is 22.0 Å². The second-order valence-corrected chi connectivity index (χ2v) is 14.2. The number of rotatable bonds is 4. The number of ether oxygens (including phenoxy) is 1. The minimum Gasteiger partial charge on any atom is -0.444 e. The van der Waals surface area contributed by atoms with Gasteiger partial charge in [0.05, 0.1) is 34.8 Å². The van der Waals surface area contributed by atoms with Crippen molar-refractivity contribution in [2.24, 2.45) is 0 Å². The highest BCUT2D eigenvalue weighted by Crippen LogP contribution is 2.55. The predicted octanol–water partition coefficient (Wildman–Crippen LogP) is 4.12. The molecule has 0 atom stereocenters. The van der Waals surface area contributed by atoms with Gasteiger partial charge in [-0.15, -0.1) is 0 Å². The molecule has 1 saturated carbocycles. The molecule has 1 aliphatic carbocycles. The van der Waals surface area contributed by atoms with Gasteiger partial charge in [0.2, 0.25) is 15.9 Å². The third kappa shape index (κ3) is 4.91. The summed E-state index contributed by atoms with van der Waals surface area (Å²) in [5, 5.41) is 0.933. The highest BCUT2D eigenvalue weighted by Gasteiger charge is 2.54. The average molecular weight is 593 g/mol. The number of fused-ring (bicyclic) bond motifs is 4. The Labute approximate surface area is 245 Å². The molecule has 0 bridgehead atoms. The zero-order valence-electron chi connectivity index (χ0n) is 24.6. The largest absolute Gasteiger partial charge is 0.444 e. The Morgan fingerprint density at radius 3 is 2.36 bits per heavy atom. The van der Waals surface area contributed by atoms with Gasteiger partial charge in [0.25, 0.3) is 0 Å². The van der Waals surface area contributed by atoms with E-state index in [9.17, 15) is 18.0 Å². The summed E-state index contributed by atoms with van der Waals surface area (Å²) < 4.78 is 32.9. The third-order valence-electron chi connectivity index (χ3n) is 8.34. The summed E-state index contributed by atoms with van der Waals surface area (Å²) in [7, 11) is -1.79. The summed E-state index contributed by atoms with van der Waals surface area (Å²) in [5.41, 5.74) is 3.57. The van der Waals surface area contributed by atoms with Crippen molar-refractivity contribution in [2.45, 2.75) is 51.0 Å². The van der Waals surface area contributed by atoms with Crippen molar-refractivity contribution in [3.05, 3.63) is 42.2 Å². The Morgan fingerprint density at radius 2 is 1.74 bits per heavy atom. The number of hydrogen-bond acceptors (Lipinski definition) is 8. The van der Waals surface area contributed by atoms with Crippen molar-refractivity contribution in [1.82, 2.24) is 14.9 Å². The molecule has 11 nitrogen and oxygen atoms in total. The molecule has 2 amide bonds. The molecule has 2 fully saturated rings. The molecule has 0 radical (unpaired) electrons. The van der Waals surface area contributed by atoms with Gasteiger partial charge in [0.1, 0.15) is 5.60 Å². The van der Waals surface area contributed by atoms with Gasteiger partial charge in [-0.3, -0.25) is 14.5 Å². The molecule has 2 aromatic heterocycles. The van der Waals surface area contributed by atoms with Crippen molar-refractivity contribution in [3.63, 3.8) is 0 Å². The van der Waals surface area contributed by atoms with Crippen molar-refractivity contribution < 1.29 is 22.7 Å². The van der Waals surface area contributed by atoms with Gasteiger partial charge in [-0.05, 0) is 57.4 Å². The van der Waals surface area contributed by atoms with Crippen molar-refractivity contribution in [3.8, 4) is 11.1 Å². The van der Waals surface area contributed by atoms with Crippen LogP contribution >= 0.6 is 0 Å². The summed E-state index contributed by atoms with van der Waals surface area (Å²) in [6.07, 6.45) is 6.93. The van der Waals surface area contributed by atoms with Crippen LogP contribution < -0.4 is 14.5 Å². The van der Waals surface area contributed by atoms with E-state index in [0.29, 0.717) is 37.7 Å². The minimum atomic E-state index is -3.60. The Kier molecular flexibility index (Phi) is 6.60. The zero-order chi connectivity index (χ0) is 30.0. The van der Waals surface area contributed by atoms with E-state index >= 15 is 0 Å². The summed E-state index contributed by atoms with van der Waals surface area (Å²) in [6.45, 7) is 7.29. The maximum atomic E-state index is 13.2. The number of likely N-dealkylation sites (N-methyl/N-ethyl adjacent to an activating group) is 1. The molecule has 4 heterocycles. The van der Waals surface area contributed by atoms with Crippen LogP contribution in [-0.4, -0.2) is 80.4 Å². The van der Waals surface area contributed by atoms with Crippen LogP contribution in [0, 0.1) is 0 Å². The zero-order valence-corrected chi connectivity index (χ0v) is 25.4. The maximum Gasteiger partial charge on any atom is 0.410 e. The number of carbonyl (C=O) groups excluding carboxylic acids is 2. The summed E-state index contributed by atoms with van der Waals surface area (Å²) in [5.74, 6) is 0.623. The van der Waals surface area contributed by atoms with Crippen molar-refractivity contribution in [1.29, 1.82) is 0 Å². The Morgan fingerprint density at radius 1 is 1.02 bits per heavy atom. The van der Waals surface area contributed by atoms with Gasteiger partial charge in [-0.1, -0.05) is 12.5 Å². The minimum absolute atomic E-state index is 0.126. The lowest BCUT2D eigenvalue weighted by atomic mass is 9.64. The fourth-order valence-electron chi connectivity index (χ4n) is 6.22. The number of piperazine rings is 1. The van der Waals surface area contributed by atoms with Crippen LogP contribution in [0.15, 0.2) is 36.7 Å². The van der Waals surface area contributed by atoms with Crippen LogP contribution in [0.3, 0.4) is 0 Å². The van der Waals surface area contributed by atoms with Gasteiger partial charge >= 0.3 is 6.09 Å². The van der Waals surface area contributed by atoms with Gasteiger partial charge in [-0.25, -0.2) is 18.2 Å². The Bertz CT molecular complexity index is 1710. The second-order valence-electron chi connectivity index (χ2n) is 12.5. The first-order valence-corrected chi connectivity index (χ1v) is 16.1. The van der Waals surface area contributed by atoms with Gasteiger partial charge in [-0.2, -0.15) is 0 Å². The second kappa shape index (κ2) is 9.82. The van der Waals surface area contributed by atoms with E-state index in [1.807, 2.05) is 50.9 Å². The molecule has 42 heavy (non-hydrogen) atoms. The summed E-state index contributed by atoms with van der Waals surface area (Å²) in [4.78, 5) is 40.5. The summed E-state index contributed by atoms with van der Waals surface area (Å²) >= 11 is 0. The first kappa shape index (κ1) is 28.2. The number of carbonyl (C=O) groups is 2. The normalized spacial score (nSPS) is 18.3. The number of nitrogens with one attached hydrogen (secondary N) is 1. The maximum absolute atomic E-state index is 13.2. The molecule has 0 unspecified atom stereocenters. The van der Waals surface area contributed by atoms with Gasteiger partial charge in [0, 0.05) is 55.9 Å². The number of aromatic nitrogens is 2. The molecular formula is C30H36N6O5S. The number of amides is 2. The fraction of sp³-hybridized carbons (Fsp3) is 0.467. The first-order valence-electron chi connectivity index (χ1n) is 14.2. The lowest BCUT2D eigenvalue weighted by molar-refractivity contribution is -0.125. The molecule has 3 aliphatic rings. The molecule has 1 saturated heterocycles. The lowest BCUT2D eigenvalue weighted by Gasteiger charge is -2.37. The van der Waals surface area contributed by atoms with Crippen LogP contribution in [0.2, 0.25) is 0 Å². The molecule has 1 aromatic carbocycles. The molecular weight excluding hydrogens is 556 g/mol. The third-order valence-corrected chi connectivity index (χ3v) is 8.93. The number of benzene rings is 1. The molecule has 1 N–H and O–H groups in total. The van der Waals surface area contributed by atoms with Crippen LogP contribution in [-0.2, 0) is 25.0 Å². The van der Waals surface area contributed by atoms with E-state index in [2.05, 4.69) is 9.71 Å². The highest BCUT2D eigenvalue weighted by atomic mass is 32.2. The molecule has 222 valence electrons. The fourth-order valence-corrected chi connectivity index (χ4v) is 6.77. The smallest absolute Gasteiger partial charge is 0.410 e. The van der Waals surface area contributed by atoms with E-state index in [4.69, 9.17) is 9.72 Å². The van der Waals surface area contributed by atoms with Crippen LogP contribution in [0.5, 0.6) is 0 Å². The quantitative estimate of drug-likeness (QED) is 0.480. The summed E-state index contributed by atoms with van der Waals surface area (Å²) in [6, 6.07) is 7.70. The van der Waals surface area contributed by atoms with Crippen molar-refractivity contribution in [2.75, 3.05) is 54.0 Å². The van der Waals surface area contributed by atoms with E-state index < -0.39 is 21.0 Å². The number of anilines is 3. The number of sulfonamides is 1. The Balaban J connectivity index is 1.34. The number of pyridine rings is 2. The molecule has 6 rings (SSSR count). The van der Waals surface area contributed by atoms with Gasteiger partial charge < -0.3 is 19.4 Å². The van der Waals surface area contributed by atoms with Crippen LogP contribution in [0.25, 0.3) is 22.0 Å². The number of nitrogens with zero attached hydrogens (tertiary/aromatic N) is 5. The predicted molar refractivity (Wildman–Crippen MR) is 162 cm³/mol. The first-order chi connectivity index (χ1) is 19.8. The molecule has 1 spiro atoms. The van der Waals surface area contributed by atoms with E-state index in [1.165, 1.54) is 0 Å². The van der Waals surface area contributed by atoms with E-state index in [1.54, 1.807) is 28.3 Å². The molecule has 12 heteroatoms. The number of hydrogen-bond donors (Lipinski definition) is 1. The average Bonchev–Trinajstić information content (AvgIpc) is 3.13. The Hall–Kier alpha value is -3.93. The van der Waals surface area contributed by atoms with Gasteiger partial charge in [0.15, 0.2) is 5.82 Å². The van der Waals surface area contributed by atoms with Crippen molar-refractivity contribution >= 4 is 50.1 Å². The topological polar surface area (TPSA) is 125 Å². The standard InChI is InChI=1S/C30H36N6O5S/c1-29(2,3)41-28(38)36-13-11-35(12-14-36)26-23(33-42(5,39)40)16-20(17-32-26)19-7-8-22-21(15-19)25-24(18-31-22)34(4)27(37)30(25)9-6-10-30/h7-8,15-18,33H,6,9-14H2,1-5H3. The highest BCUT2D eigenvalue weighted by molar-refractivity contribution is 7.92. The molecule has 3 aromatic rings. The monoisotopic (exact) mass is 592 g/mol. The van der Waals surface area contributed by atoms with E-state index in [-0.39, 0.29) is 12.0 Å². The lowest BCUT2D eigenvalue weighted by Crippen LogP contribution is -2.50. The van der Waals surface area contributed by atoms with E-state index in [0.717, 1.165) is 58.8 Å². The SMILES string of the molecule is CN1C(=O)C2(CCC2)c2c1cnc1ccc(-c3cnc(N4CCN(C(=O)OC(C)(C)C)CC4)c(NS(C)(=O)=O)c3)cc21. The van der Waals surface area contributed by atoms with Crippen LogP contribution in [0.1, 0.15) is 45.6 Å². The molecule has 2 aliphatic heterocycles.